The molecule has 0 aliphatic carbocycles. The van der Waals surface area contributed by atoms with Crippen LogP contribution in [0.15, 0.2) is 18.3 Å². The van der Waals surface area contributed by atoms with Crippen molar-refractivity contribution in [3.05, 3.63) is 50.8 Å². The third-order valence-corrected chi connectivity index (χ3v) is 5.22. The third kappa shape index (κ3) is 3.73. The van der Waals surface area contributed by atoms with E-state index in [2.05, 4.69) is 0 Å². The molecule has 3 nitrogen and oxygen atoms in total. The van der Waals surface area contributed by atoms with Gasteiger partial charge in [-0.05, 0) is 23.0 Å². The van der Waals surface area contributed by atoms with E-state index in [1.54, 1.807) is 29.9 Å². The van der Waals surface area contributed by atoms with Crippen molar-refractivity contribution in [1.29, 1.82) is 0 Å². The fourth-order valence-electron chi connectivity index (χ4n) is 2.80. The monoisotopic (exact) mass is 381 g/mol. The fourth-order valence-corrected chi connectivity index (χ4v) is 3.21. The molecule has 0 fully saturated rings. The van der Waals surface area contributed by atoms with Crippen molar-refractivity contribution in [2.45, 2.75) is 52.4 Å². The van der Waals surface area contributed by atoms with Crippen LogP contribution < -0.4 is 0 Å². The zero-order valence-corrected chi connectivity index (χ0v) is 17.3. The highest BCUT2D eigenvalue weighted by molar-refractivity contribution is 6.44. The first-order valence-electron chi connectivity index (χ1n) is 8.18. The van der Waals surface area contributed by atoms with Crippen LogP contribution in [-0.4, -0.2) is 15.5 Å². The van der Waals surface area contributed by atoms with Gasteiger partial charge in [-0.25, -0.2) is 0 Å². The highest BCUT2D eigenvalue weighted by Gasteiger charge is 2.29. The Bertz CT molecular complexity index is 802. The number of phenolic OH excluding ortho intramolecular Hbond substituents is 1. The van der Waals surface area contributed by atoms with Crippen LogP contribution in [0.5, 0.6) is 5.75 Å². The Kier molecular flexibility index (Phi) is 5.06. The molecule has 2 rings (SSSR count). The van der Waals surface area contributed by atoms with Gasteiger partial charge >= 0.3 is 0 Å². The quantitative estimate of drug-likeness (QED) is 0.661. The van der Waals surface area contributed by atoms with Gasteiger partial charge in [-0.3, -0.25) is 4.79 Å². The van der Waals surface area contributed by atoms with Crippen LogP contribution in [0.25, 0.3) is 0 Å². The van der Waals surface area contributed by atoms with Crippen molar-refractivity contribution in [2.24, 2.45) is 7.05 Å². The summed E-state index contributed by atoms with van der Waals surface area (Å²) in [7, 11) is 1.74. The van der Waals surface area contributed by atoms with Crippen LogP contribution in [0.3, 0.4) is 0 Å². The Balaban J connectivity index is 2.73. The smallest absolute Gasteiger partial charge is 0.196 e. The molecule has 1 N–H and O–H groups in total. The number of ketones is 1. The second kappa shape index (κ2) is 6.37. The lowest BCUT2D eigenvalue weighted by atomic mass is 9.78. The van der Waals surface area contributed by atoms with E-state index in [4.69, 9.17) is 23.2 Å². The number of carbonyl (C=O) groups excluding carboxylic acids is 1. The van der Waals surface area contributed by atoms with Gasteiger partial charge in [0.15, 0.2) is 5.78 Å². The highest BCUT2D eigenvalue weighted by atomic mass is 35.5. The number of aryl methyl sites for hydroxylation is 1. The van der Waals surface area contributed by atoms with Crippen LogP contribution in [0.4, 0.5) is 0 Å². The molecule has 0 unspecified atom stereocenters. The first-order chi connectivity index (χ1) is 11.2. The molecule has 0 atom stereocenters. The van der Waals surface area contributed by atoms with E-state index >= 15 is 0 Å². The topological polar surface area (TPSA) is 42.2 Å². The molecule has 136 valence electrons. The summed E-state index contributed by atoms with van der Waals surface area (Å²) in [6.45, 7) is 12.1. The Hall–Kier alpha value is -1.45. The molecule has 0 aliphatic heterocycles. The molecule has 1 heterocycles. The number of hydrogen-bond acceptors (Lipinski definition) is 2. The summed E-state index contributed by atoms with van der Waals surface area (Å²) in [5.74, 6) is 0.0391. The largest absolute Gasteiger partial charge is 0.507 e. The molecule has 1 aromatic heterocycles. The molecule has 0 amide bonds. The minimum absolute atomic E-state index is 0.205. The van der Waals surface area contributed by atoms with Gasteiger partial charge in [0.1, 0.15) is 10.9 Å². The summed E-state index contributed by atoms with van der Waals surface area (Å²) >= 11 is 12.3. The second-order valence-electron chi connectivity index (χ2n) is 8.51. The third-order valence-electron chi connectivity index (χ3n) is 4.28. The first-order valence-corrected chi connectivity index (χ1v) is 8.93. The number of benzene rings is 1. The zero-order chi connectivity index (χ0) is 19.3. The maximum atomic E-state index is 13.1. The minimum Gasteiger partial charge on any atom is -0.507 e. The Morgan fingerprint density at radius 1 is 1.00 bits per heavy atom. The molecule has 25 heavy (non-hydrogen) atoms. The molecule has 0 saturated carbocycles. The summed E-state index contributed by atoms with van der Waals surface area (Å²) in [6, 6.07) is 3.51. The van der Waals surface area contributed by atoms with Crippen molar-refractivity contribution >= 4 is 29.0 Å². The summed E-state index contributed by atoms with van der Waals surface area (Å²) < 4.78 is 1.62. The van der Waals surface area contributed by atoms with E-state index < -0.39 is 0 Å². The first kappa shape index (κ1) is 19.9. The molecule has 0 aliphatic rings. The maximum Gasteiger partial charge on any atom is 0.196 e. The van der Waals surface area contributed by atoms with Gasteiger partial charge in [0.2, 0.25) is 0 Å². The van der Waals surface area contributed by atoms with E-state index in [0.717, 1.165) is 11.1 Å². The van der Waals surface area contributed by atoms with Crippen LogP contribution in [-0.2, 0) is 17.9 Å². The number of aromatic nitrogens is 1. The minimum atomic E-state index is -0.307. The van der Waals surface area contributed by atoms with Crippen molar-refractivity contribution < 1.29 is 9.90 Å². The predicted molar refractivity (Wildman–Crippen MR) is 104 cm³/mol. The molecule has 5 heteroatoms. The van der Waals surface area contributed by atoms with E-state index in [9.17, 15) is 9.90 Å². The number of phenols is 1. The van der Waals surface area contributed by atoms with E-state index in [1.807, 2.05) is 41.5 Å². The standard InChI is InChI=1S/C20H25Cl2NO2/c1-19(2,3)13-8-11(9-14(17(13)25)20(4,5)6)16(24)12-10-23(7)18(22)15(12)21/h8-10,25H,1-7H3. The van der Waals surface area contributed by atoms with Gasteiger partial charge in [-0.2, -0.15) is 0 Å². The Morgan fingerprint density at radius 2 is 1.44 bits per heavy atom. The van der Waals surface area contributed by atoms with Crippen LogP contribution in [0.2, 0.25) is 10.2 Å². The Morgan fingerprint density at radius 3 is 1.76 bits per heavy atom. The molecular weight excluding hydrogens is 357 g/mol. The zero-order valence-electron chi connectivity index (χ0n) is 15.8. The number of nitrogens with zero attached hydrogens (tertiary/aromatic N) is 1. The van der Waals surface area contributed by atoms with Crippen LogP contribution in [0.1, 0.15) is 68.6 Å². The Labute approximate surface area is 159 Å². The lowest BCUT2D eigenvalue weighted by Crippen LogP contribution is -2.19. The summed E-state index contributed by atoms with van der Waals surface area (Å²) in [6.07, 6.45) is 1.63. The number of carbonyl (C=O) groups is 1. The van der Waals surface area contributed by atoms with Gasteiger partial charge in [0.25, 0.3) is 0 Å². The SMILES string of the molecule is Cn1cc(C(=O)c2cc(C(C)(C)C)c(O)c(C(C)(C)C)c2)c(Cl)c1Cl. The predicted octanol–water partition coefficient (Wildman–Crippen LogP) is 5.86. The molecule has 0 radical (unpaired) electrons. The molecule has 0 bridgehead atoms. The van der Waals surface area contributed by atoms with Gasteiger partial charge in [-0.1, -0.05) is 64.7 Å². The van der Waals surface area contributed by atoms with Crippen molar-refractivity contribution in [3.63, 3.8) is 0 Å². The van der Waals surface area contributed by atoms with Gasteiger partial charge in [0, 0.05) is 29.9 Å². The summed E-state index contributed by atoms with van der Waals surface area (Å²) in [5, 5.41) is 11.4. The van der Waals surface area contributed by atoms with Gasteiger partial charge in [0.05, 0.1) is 10.6 Å². The van der Waals surface area contributed by atoms with Crippen molar-refractivity contribution in [2.75, 3.05) is 0 Å². The molecule has 2 aromatic rings. The van der Waals surface area contributed by atoms with E-state index in [1.165, 1.54) is 0 Å². The highest BCUT2D eigenvalue weighted by Crippen LogP contribution is 2.40. The number of aromatic hydroxyl groups is 1. The van der Waals surface area contributed by atoms with Crippen molar-refractivity contribution in [3.8, 4) is 5.75 Å². The average molecular weight is 382 g/mol. The molecular formula is C20H25Cl2NO2. The average Bonchev–Trinajstić information content (AvgIpc) is 2.72. The number of halogens is 2. The second-order valence-corrected chi connectivity index (χ2v) is 9.24. The van der Waals surface area contributed by atoms with E-state index in [0.29, 0.717) is 16.3 Å². The number of rotatable bonds is 2. The van der Waals surface area contributed by atoms with E-state index in [-0.39, 0.29) is 27.4 Å². The van der Waals surface area contributed by atoms with Crippen LogP contribution >= 0.6 is 23.2 Å². The lowest BCUT2D eigenvalue weighted by Gasteiger charge is -2.28. The van der Waals surface area contributed by atoms with Gasteiger partial charge < -0.3 is 9.67 Å². The lowest BCUT2D eigenvalue weighted by molar-refractivity contribution is 0.103. The molecule has 1 aromatic carbocycles. The van der Waals surface area contributed by atoms with Crippen LogP contribution in [0, 0.1) is 0 Å². The van der Waals surface area contributed by atoms with Gasteiger partial charge in [-0.15, -0.1) is 0 Å². The fraction of sp³-hybridized carbons (Fsp3) is 0.450. The van der Waals surface area contributed by atoms with Crippen molar-refractivity contribution in [1.82, 2.24) is 4.57 Å². The number of hydrogen-bond donors (Lipinski definition) is 1. The maximum absolute atomic E-state index is 13.1. The normalized spacial score (nSPS) is 12.5. The summed E-state index contributed by atoms with van der Waals surface area (Å²) in [5.41, 5.74) is 1.72. The molecule has 0 saturated heterocycles. The molecule has 0 spiro atoms. The summed E-state index contributed by atoms with van der Waals surface area (Å²) in [4.78, 5) is 13.1.